The second kappa shape index (κ2) is 12.2. The molecular weight excluding hydrogens is 528 g/mol. The molecule has 0 aliphatic carbocycles. The first-order chi connectivity index (χ1) is 17.2. The van der Waals surface area contributed by atoms with Crippen molar-refractivity contribution in [2.75, 3.05) is 71.4 Å². The second-order valence-corrected chi connectivity index (χ2v) is 12.7. The van der Waals surface area contributed by atoms with E-state index in [9.17, 15) is 18.0 Å². The Kier molecular flexibility index (Phi) is 9.29. The van der Waals surface area contributed by atoms with Crippen LogP contribution in [0.1, 0.15) is 24.1 Å². The van der Waals surface area contributed by atoms with Gasteiger partial charge in [-0.05, 0) is 24.6 Å². The monoisotopic (exact) mass is 560 g/mol. The van der Waals surface area contributed by atoms with Gasteiger partial charge in [-0.1, -0.05) is 18.5 Å². The SMILES string of the molecule is CC(CS(=O)(=O)NC1=CCN([C@@H](CCN2CCOCC2)C(=O)N2CCOCC2)C1=O)c1ccc(Cl)s1. The zero-order chi connectivity index (χ0) is 25.7. The number of thiophene rings is 1. The molecule has 1 unspecified atom stereocenters. The smallest absolute Gasteiger partial charge is 0.271 e. The van der Waals surface area contributed by atoms with Crippen molar-refractivity contribution in [3.05, 3.63) is 33.1 Å². The van der Waals surface area contributed by atoms with Crippen LogP contribution in [0, 0.1) is 0 Å². The molecule has 0 radical (unpaired) electrons. The van der Waals surface area contributed by atoms with Crippen LogP contribution in [0.5, 0.6) is 0 Å². The van der Waals surface area contributed by atoms with Crippen LogP contribution >= 0.6 is 22.9 Å². The van der Waals surface area contributed by atoms with Gasteiger partial charge < -0.3 is 19.3 Å². The molecule has 10 nitrogen and oxygen atoms in total. The van der Waals surface area contributed by atoms with Crippen molar-refractivity contribution in [1.29, 1.82) is 0 Å². The second-order valence-electron chi connectivity index (χ2n) is 9.20. The molecule has 0 spiro atoms. The van der Waals surface area contributed by atoms with Crippen LogP contribution in [0.2, 0.25) is 4.34 Å². The van der Waals surface area contributed by atoms with Crippen molar-refractivity contribution < 1.29 is 27.5 Å². The average molecular weight is 561 g/mol. The van der Waals surface area contributed by atoms with Crippen molar-refractivity contribution >= 4 is 44.8 Å². The summed E-state index contributed by atoms with van der Waals surface area (Å²) < 4.78 is 39.6. The minimum Gasteiger partial charge on any atom is -0.379 e. The number of halogens is 1. The number of hydrogen-bond acceptors (Lipinski definition) is 8. The van der Waals surface area contributed by atoms with E-state index >= 15 is 0 Å². The predicted octanol–water partition coefficient (Wildman–Crippen LogP) is 1.10. The lowest BCUT2D eigenvalue weighted by atomic mass is 10.1. The molecule has 0 saturated carbocycles. The van der Waals surface area contributed by atoms with Crippen LogP contribution in [-0.4, -0.2) is 112 Å². The van der Waals surface area contributed by atoms with E-state index in [1.807, 2.05) is 6.07 Å². The summed E-state index contributed by atoms with van der Waals surface area (Å²) in [4.78, 5) is 33.1. The van der Waals surface area contributed by atoms with Gasteiger partial charge in [-0.2, -0.15) is 0 Å². The molecule has 2 fully saturated rings. The fourth-order valence-electron chi connectivity index (χ4n) is 4.62. The van der Waals surface area contributed by atoms with Gasteiger partial charge in [0.2, 0.25) is 15.9 Å². The molecule has 1 N–H and O–H groups in total. The lowest BCUT2D eigenvalue weighted by Crippen LogP contribution is -2.54. The highest BCUT2D eigenvalue weighted by molar-refractivity contribution is 7.89. The van der Waals surface area contributed by atoms with E-state index < -0.39 is 22.0 Å². The molecule has 3 aliphatic rings. The number of nitrogens with zero attached hydrogens (tertiary/aromatic N) is 3. The molecule has 13 heteroatoms. The summed E-state index contributed by atoms with van der Waals surface area (Å²) in [5.74, 6) is -1.06. The zero-order valence-corrected chi connectivity index (χ0v) is 22.7. The summed E-state index contributed by atoms with van der Waals surface area (Å²) in [6.07, 6.45) is 2.02. The molecule has 200 valence electrons. The number of carbonyl (C=O) groups is 2. The maximum absolute atomic E-state index is 13.5. The van der Waals surface area contributed by atoms with Crippen LogP contribution in [0.3, 0.4) is 0 Å². The Morgan fingerprint density at radius 3 is 2.44 bits per heavy atom. The van der Waals surface area contributed by atoms with E-state index in [1.165, 1.54) is 16.2 Å². The minimum absolute atomic E-state index is 0.00226. The predicted molar refractivity (Wildman–Crippen MR) is 138 cm³/mol. The van der Waals surface area contributed by atoms with E-state index in [4.69, 9.17) is 21.1 Å². The lowest BCUT2D eigenvalue weighted by molar-refractivity contribution is -0.146. The van der Waals surface area contributed by atoms with Gasteiger partial charge >= 0.3 is 0 Å². The fourth-order valence-corrected chi connectivity index (χ4v) is 7.26. The molecule has 0 aromatic carbocycles. The van der Waals surface area contributed by atoms with Gasteiger partial charge in [0.1, 0.15) is 11.7 Å². The lowest BCUT2D eigenvalue weighted by Gasteiger charge is -2.36. The molecule has 3 aliphatic heterocycles. The van der Waals surface area contributed by atoms with Crippen molar-refractivity contribution in [2.45, 2.75) is 25.3 Å². The van der Waals surface area contributed by atoms with E-state index in [-0.39, 0.29) is 29.8 Å². The molecule has 2 amide bonds. The molecule has 4 rings (SSSR count). The van der Waals surface area contributed by atoms with E-state index in [0.717, 1.165) is 18.0 Å². The van der Waals surface area contributed by atoms with Crippen LogP contribution in [-0.2, 0) is 29.1 Å². The largest absolute Gasteiger partial charge is 0.379 e. The summed E-state index contributed by atoms with van der Waals surface area (Å²) in [5, 5.41) is 0. The molecule has 2 saturated heterocycles. The van der Waals surface area contributed by atoms with Crippen molar-refractivity contribution in [3.8, 4) is 0 Å². The quantitative estimate of drug-likeness (QED) is 0.456. The highest BCUT2D eigenvalue weighted by Gasteiger charge is 2.38. The van der Waals surface area contributed by atoms with Gasteiger partial charge in [-0.3, -0.25) is 19.2 Å². The van der Waals surface area contributed by atoms with Crippen LogP contribution in [0.15, 0.2) is 23.9 Å². The van der Waals surface area contributed by atoms with Gasteiger partial charge in [-0.15, -0.1) is 11.3 Å². The van der Waals surface area contributed by atoms with Crippen molar-refractivity contribution in [1.82, 2.24) is 19.4 Å². The van der Waals surface area contributed by atoms with Crippen molar-refractivity contribution in [3.63, 3.8) is 0 Å². The van der Waals surface area contributed by atoms with Gasteiger partial charge in [0.25, 0.3) is 5.91 Å². The van der Waals surface area contributed by atoms with Crippen LogP contribution < -0.4 is 4.72 Å². The van der Waals surface area contributed by atoms with Crippen LogP contribution in [0.4, 0.5) is 0 Å². The van der Waals surface area contributed by atoms with E-state index in [0.29, 0.717) is 56.8 Å². The molecule has 0 bridgehead atoms. The van der Waals surface area contributed by atoms with Gasteiger partial charge in [-0.25, -0.2) is 8.42 Å². The number of sulfonamides is 1. The van der Waals surface area contributed by atoms with Gasteiger partial charge in [0.15, 0.2) is 0 Å². The summed E-state index contributed by atoms with van der Waals surface area (Å²) in [6.45, 7) is 7.38. The highest BCUT2D eigenvalue weighted by Crippen LogP contribution is 2.29. The first-order valence-corrected chi connectivity index (χ1v) is 15.0. The Morgan fingerprint density at radius 2 is 1.81 bits per heavy atom. The van der Waals surface area contributed by atoms with Gasteiger partial charge in [0, 0.05) is 50.1 Å². The van der Waals surface area contributed by atoms with Crippen molar-refractivity contribution in [2.24, 2.45) is 0 Å². The summed E-state index contributed by atoms with van der Waals surface area (Å²) >= 11 is 7.32. The highest BCUT2D eigenvalue weighted by atomic mass is 35.5. The summed E-state index contributed by atoms with van der Waals surface area (Å²) in [5.41, 5.74) is -0.00226. The standard InChI is InChI=1S/C23H33ClN4O6S2/c1-17(20-2-3-21(24)35-20)16-36(31,32)25-18-4-7-28(22(18)29)19(5-6-26-8-12-33-13-9-26)23(30)27-10-14-34-15-11-27/h2-4,17,19,25H,5-16H2,1H3/t17?,19-/m0/s1. The molecule has 1 aromatic heterocycles. The Hall–Kier alpha value is -1.70. The maximum atomic E-state index is 13.5. The molecule has 2 atom stereocenters. The number of hydrogen-bond donors (Lipinski definition) is 1. The Balaban J connectivity index is 1.41. The van der Waals surface area contributed by atoms with E-state index in [2.05, 4.69) is 9.62 Å². The number of morpholine rings is 2. The summed E-state index contributed by atoms with van der Waals surface area (Å²) in [7, 11) is -3.79. The Morgan fingerprint density at radius 1 is 1.14 bits per heavy atom. The number of amides is 2. The maximum Gasteiger partial charge on any atom is 0.271 e. The fraction of sp³-hybridized carbons (Fsp3) is 0.652. The molecule has 36 heavy (non-hydrogen) atoms. The number of carbonyl (C=O) groups excluding carboxylic acids is 2. The number of ether oxygens (including phenoxy) is 2. The molecule has 1 aromatic rings. The number of rotatable bonds is 10. The molecule has 4 heterocycles. The van der Waals surface area contributed by atoms with E-state index in [1.54, 1.807) is 24.0 Å². The Bertz CT molecular complexity index is 1070. The first-order valence-electron chi connectivity index (χ1n) is 12.2. The van der Waals surface area contributed by atoms with Gasteiger partial charge in [0.05, 0.1) is 36.5 Å². The third-order valence-electron chi connectivity index (χ3n) is 6.60. The third kappa shape index (κ3) is 6.99. The first kappa shape index (κ1) is 27.3. The van der Waals surface area contributed by atoms with Crippen LogP contribution in [0.25, 0.3) is 0 Å². The normalized spacial score (nSPS) is 21.4. The number of nitrogens with one attached hydrogen (secondary N) is 1. The summed E-state index contributed by atoms with van der Waals surface area (Å²) in [6, 6.07) is 2.87. The Labute approximate surface area is 221 Å². The topological polar surface area (TPSA) is 108 Å². The zero-order valence-electron chi connectivity index (χ0n) is 20.4. The third-order valence-corrected chi connectivity index (χ3v) is 9.54. The molecular formula is C23H33ClN4O6S2. The minimum atomic E-state index is -3.79. The average Bonchev–Trinajstić information content (AvgIpc) is 3.46.